The van der Waals surface area contributed by atoms with Gasteiger partial charge in [-0.25, -0.2) is 9.07 Å². The fraction of sp³-hybridized carbons (Fsp3) is 0.100. The smallest absolute Gasteiger partial charge is 0.273 e. The molecule has 2 aromatic heterocycles. The molecule has 6 heteroatoms. The summed E-state index contributed by atoms with van der Waals surface area (Å²) in [4.78, 5) is 15.6. The predicted molar refractivity (Wildman–Crippen MR) is 98.7 cm³/mol. The van der Waals surface area contributed by atoms with Crippen molar-refractivity contribution in [1.82, 2.24) is 14.8 Å². The Morgan fingerprint density at radius 3 is 2.77 bits per heavy atom. The number of carbonyl (C=O) groups is 1. The van der Waals surface area contributed by atoms with Crippen LogP contribution in [0.25, 0.3) is 10.9 Å². The number of aromatic nitrogens is 3. The van der Waals surface area contributed by atoms with Gasteiger partial charge in [-0.3, -0.25) is 4.79 Å². The Hall–Kier alpha value is -3.41. The standard InChI is InChI=1S/C20H17FN4O/c1-13-9-19(25(24-13)12-14-5-3-2-4-6-14)23-20(26)18-11-15-10-16(21)7-8-17(15)22-18/h2-11,22H,12H2,1H3,(H,23,26). The van der Waals surface area contributed by atoms with E-state index in [1.165, 1.54) is 12.1 Å². The molecule has 0 aliphatic heterocycles. The number of rotatable bonds is 4. The summed E-state index contributed by atoms with van der Waals surface area (Å²) in [6, 6.07) is 17.7. The quantitative estimate of drug-likeness (QED) is 0.583. The minimum atomic E-state index is -0.333. The van der Waals surface area contributed by atoms with Crippen molar-refractivity contribution in [2.45, 2.75) is 13.5 Å². The monoisotopic (exact) mass is 348 g/mol. The number of nitrogens with zero attached hydrogens (tertiary/aromatic N) is 2. The number of hydrogen-bond acceptors (Lipinski definition) is 2. The molecule has 2 N–H and O–H groups in total. The number of nitrogens with one attached hydrogen (secondary N) is 2. The zero-order chi connectivity index (χ0) is 18.1. The molecule has 0 radical (unpaired) electrons. The Morgan fingerprint density at radius 2 is 1.96 bits per heavy atom. The van der Waals surface area contributed by atoms with Gasteiger partial charge in [0.1, 0.15) is 17.3 Å². The van der Waals surface area contributed by atoms with E-state index in [1.807, 2.05) is 43.3 Å². The molecule has 0 aliphatic rings. The van der Waals surface area contributed by atoms with Crippen LogP contribution in [0.3, 0.4) is 0 Å². The van der Waals surface area contributed by atoms with Crippen LogP contribution in [0.1, 0.15) is 21.7 Å². The summed E-state index contributed by atoms with van der Waals surface area (Å²) in [6.45, 7) is 2.44. The fourth-order valence-electron chi connectivity index (χ4n) is 2.93. The van der Waals surface area contributed by atoms with E-state index in [1.54, 1.807) is 16.8 Å². The number of hydrogen-bond donors (Lipinski definition) is 2. The van der Waals surface area contributed by atoms with Crippen molar-refractivity contribution in [2.75, 3.05) is 5.32 Å². The molecule has 4 aromatic rings. The Balaban J connectivity index is 1.59. The van der Waals surface area contributed by atoms with Gasteiger partial charge in [0.15, 0.2) is 0 Å². The van der Waals surface area contributed by atoms with Crippen LogP contribution < -0.4 is 5.32 Å². The van der Waals surface area contributed by atoms with E-state index >= 15 is 0 Å². The van der Waals surface area contributed by atoms with Gasteiger partial charge in [0.05, 0.1) is 12.2 Å². The van der Waals surface area contributed by atoms with Crippen LogP contribution in [0.2, 0.25) is 0 Å². The first kappa shape index (κ1) is 16.1. The molecule has 2 heterocycles. The van der Waals surface area contributed by atoms with Crippen LogP contribution in [-0.4, -0.2) is 20.7 Å². The number of H-pyrrole nitrogens is 1. The largest absolute Gasteiger partial charge is 0.351 e. The lowest BCUT2D eigenvalue weighted by Gasteiger charge is -2.08. The van der Waals surface area contributed by atoms with Crippen molar-refractivity contribution >= 4 is 22.6 Å². The number of aryl methyl sites for hydroxylation is 1. The van der Waals surface area contributed by atoms with E-state index in [-0.39, 0.29) is 11.7 Å². The van der Waals surface area contributed by atoms with E-state index in [9.17, 15) is 9.18 Å². The third-order valence-corrected chi connectivity index (χ3v) is 4.15. The molecular weight excluding hydrogens is 331 g/mol. The van der Waals surface area contributed by atoms with Crippen LogP contribution in [0.15, 0.2) is 60.7 Å². The van der Waals surface area contributed by atoms with E-state index in [4.69, 9.17) is 0 Å². The molecule has 0 saturated heterocycles. The predicted octanol–water partition coefficient (Wildman–Crippen LogP) is 4.11. The average Bonchev–Trinajstić information content (AvgIpc) is 3.19. The second kappa shape index (κ2) is 6.48. The summed E-state index contributed by atoms with van der Waals surface area (Å²) in [5, 5.41) is 7.99. The van der Waals surface area contributed by atoms with Gasteiger partial charge in [0.2, 0.25) is 0 Å². The highest BCUT2D eigenvalue weighted by atomic mass is 19.1. The molecule has 130 valence electrons. The van der Waals surface area contributed by atoms with Crippen LogP contribution in [-0.2, 0) is 6.54 Å². The highest BCUT2D eigenvalue weighted by Crippen LogP contribution is 2.19. The second-order valence-electron chi connectivity index (χ2n) is 6.18. The third-order valence-electron chi connectivity index (χ3n) is 4.15. The van der Waals surface area contributed by atoms with Crippen molar-refractivity contribution < 1.29 is 9.18 Å². The van der Waals surface area contributed by atoms with Crippen molar-refractivity contribution in [3.63, 3.8) is 0 Å². The normalized spacial score (nSPS) is 11.0. The number of aromatic amines is 1. The molecule has 5 nitrogen and oxygen atoms in total. The summed E-state index contributed by atoms with van der Waals surface area (Å²) in [5.74, 6) is -0.0166. The Kier molecular flexibility index (Phi) is 4.01. The van der Waals surface area contributed by atoms with Crippen LogP contribution in [0, 0.1) is 12.7 Å². The third kappa shape index (κ3) is 3.21. The molecule has 0 spiro atoms. The Bertz CT molecular complexity index is 1080. The van der Waals surface area contributed by atoms with Crippen LogP contribution >= 0.6 is 0 Å². The summed E-state index contributed by atoms with van der Waals surface area (Å²) in [5.41, 5.74) is 2.99. The second-order valence-corrected chi connectivity index (χ2v) is 6.18. The molecule has 2 aromatic carbocycles. The molecule has 0 saturated carbocycles. The van der Waals surface area contributed by atoms with Crippen LogP contribution in [0.5, 0.6) is 0 Å². The number of fused-ring (bicyclic) bond motifs is 1. The van der Waals surface area contributed by atoms with Gasteiger partial charge in [0.25, 0.3) is 5.91 Å². The molecule has 0 atom stereocenters. The number of anilines is 1. The highest BCUT2D eigenvalue weighted by molar-refractivity contribution is 6.05. The van der Waals surface area contributed by atoms with Gasteiger partial charge in [0, 0.05) is 17.0 Å². The van der Waals surface area contributed by atoms with Crippen molar-refractivity contribution in [1.29, 1.82) is 0 Å². The summed E-state index contributed by atoms with van der Waals surface area (Å²) >= 11 is 0. The lowest BCUT2D eigenvalue weighted by molar-refractivity contribution is 0.102. The van der Waals surface area contributed by atoms with E-state index in [2.05, 4.69) is 15.4 Å². The molecule has 1 amide bonds. The Labute approximate surface area is 149 Å². The number of amides is 1. The lowest BCUT2D eigenvalue weighted by atomic mass is 10.2. The summed E-state index contributed by atoms with van der Waals surface area (Å²) < 4.78 is 15.1. The zero-order valence-electron chi connectivity index (χ0n) is 14.2. The van der Waals surface area contributed by atoms with Crippen molar-refractivity contribution in [2.24, 2.45) is 0 Å². The molecule has 26 heavy (non-hydrogen) atoms. The van der Waals surface area contributed by atoms with Crippen molar-refractivity contribution in [3.8, 4) is 0 Å². The van der Waals surface area contributed by atoms with E-state index in [0.29, 0.717) is 29.0 Å². The molecule has 0 fully saturated rings. The van der Waals surface area contributed by atoms with Crippen LogP contribution in [0.4, 0.5) is 10.2 Å². The first-order valence-corrected chi connectivity index (χ1v) is 8.26. The first-order valence-electron chi connectivity index (χ1n) is 8.26. The highest BCUT2D eigenvalue weighted by Gasteiger charge is 2.14. The molecule has 4 rings (SSSR count). The maximum atomic E-state index is 13.3. The number of benzene rings is 2. The lowest BCUT2D eigenvalue weighted by Crippen LogP contribution is -2.16. The van der Waals surface area contributed by atoms with Gasteiger partial charge in [-0.05, 0) is 36.8 Å². The maximum absolute atomic E-state index is 13.3. The van der Waals surface area contributed by atoms with E-state index < -0.39 is 0 Å². The number of carbonyl (C=O) groups excluding carboxylic acids is 1. The zero-order valence-corrected chi connectivity index (χ0v) is 14.2. The molecule has 0 bridgehead atoms. The van der Waals surface area contributed by atoms with Gasteiger partial charge in [-0.15, -0.1) is 0 Å². The fourth-order valence-corrected chi connectivity index (χ4v) is 2.93. The van der Waals surface area contributed by atoms with Crippen molar-refractivity contribution in [3.05, 3.63) is 83.4 Å². The van der Waals surface area contributed by atoms with Gasteiger partial charge in [-0.1, -0.05) is 30.3 Å². The molecular formula is C20H17FN4O. The minimum absolute atomic E-state index is 0.296. The topological polar surface area (TPSA) is 62.7 Å². The molecule has 0 aliphatic carbocycles. The summed E-state index contributed by atoms with van der Waals surface area (Å²) in [7, 11) is 0. The van der Waals surface area contributed by atoms with Gasteiger partial charge < -0.3 is 10.3 Å². The first-order chi connectivity index (χ1) is 12.6. The maximum Gasteiger partial charge on any atom is 0.273 e. The Morgan fingerprint density at radius 1 is 1.15 bits per heavy atom. The van der Waals surface area contributed by atoms with E-state index in [0.717, 1.165) is 11.3 Å². The average molecular weight is 348 g/mol. The van der Waals surface area contributed by atoms with Gasteiger partial charge >= 0.3 is 0 Å². The summed E-state index contributed by atoms with van der Waals surface area (Å²) in [6.07, 6.45) is 0. The SMILES string of the molecule is Cc1cc(NC(=O)c2cc3cc(F)ccc3[nH]2)n(Cc2ccccc2)n1. The minimum Gasteiger partial charge on any atom is -0.351 e. The molecule has 0 unspecified atom stereocenters. The number of halogens is 1. The van der Waals surface area contributed by atoms with Gasteiger partial charge in [-0.2, -0.15) is 5.10 Å².